The normalized spacial score (nSPS) is 13.6. The van der Waals surface area contributed by atoms with Crippen molar-refractivity contribution in [2.75, 3.05) is 26.8 Å². The maximum atomic E-state index is 6.14. The Morgan fingerprint density at radius 2 is 1.94 bits per heavy atom. The Balaban J connectivity index is 2.29. The summed E-state index contributed by atoms with van der Waals surface area (Å²) in [6, 6.07) is 10.3. The van der Waals surface area contributed by atoms with Gasteiger partial charge in [-0.3, -0.25) is 0 Å². The molecular formula is C15H26N2O. The minimum atomic E-state index is 0.0597. The second kappa shape index (κ2) is 7.52. The lowest BCUT2D eigenvalue weighted by molar-refractivity contribution is 0.150. The van der Waals surface area contributed by atoms with E-state index in [0.717, 1.165) is 26.1 Å². The van der Waals surface area contributed by atoms with Crippen LogP contribution < -0.4 is 11.1 Å². The topological polar surface area (TPSA) is 47.3 Å². The average molecular weight is 250 g/mol. The summed E-state index contributed by atoms with van der Waals surface area (Å²) in [7, 11) is 1.74. The third kappa shape index (κ3) is 5.63. The van der Waals surface area contributed by atoms with Crippen LogP contribution in [0, 0.1) is 5.41 Å². The number of hydrogen-bond acceptors (Lipinski definition) is 3. The van der Waals surface area contributed by atoms with Crippen molar-refractivity contribution in [1.29, 1.82) is 0 Å². The van der Waals surface area contributed by atoms with Gasteiger partial charge >= 0.3 is 0 Å². The van der Waals surface area contributed by atoms with Crippen molar-refractivity contribution in [3.05, 3.63) is 35.9 Å². The van der Waals surface area contributed by atoms with Crippen LogP contribution in [0.4, 0.5) is 0 Å². The molecule has 0 aliphatic heterocycles. The second-order valence-corrected chi connectivity index (χ2v) is 5.56. The first-order chi connectivity index (χ1) is 8.55. The highest BCUT2D eigenvalue weighted by atomic mass is 16.5. The van der Waals surface area contributed by atoms with Gasteiger partial charge in [-0.1, -0.05) is 44.2 Å². The molecule has 0 aromatic heterocycles. The molecule has 0 fully saturated rings. The van der Waals surface area contributed by atoms with Gasteiger partial charge in [0, 0.05) is 32.8 Å². The van der Waals surface area contributed by atoms with Gasteiger partial charge in [-0.05, 0) is 17.4 Å². The van der Waals surface area contributed by atoms with Gasteiger partial charge in [-0.15, -0.1) is 0 Å². The molecule has 3 N–H and O–H groups in total. The summed E-state index contributed by atoms with van der Waals surface area (Å²) >= 11 is 0. The third-order valence-electron chi connectivity index (χ3n) is 3.18. The second-order valence-electron chi connectivity index (χ2n) is 5.56. The van der Waals surface area contributed by atoms with E-state index in [1.165, 1.54) is 5.56 Å². The molecule has 1 unspecified atom stereocenters. The first-order valence-electron chi connectivity index (χ1n) is 6.55. The fourth-order valence-corrected chi connectivity index (χ4v) is 1.85. The molecule has 18 heavy (non-hydrogen) atoms. The lowest BCUT2D eigenvalue weighted by Gasteiger charge is -2.25. The van der Waals surface area contributed by atoms with Crippen LogP contribution in [0.25, 0.3) is 0 Å². The number of methoxy groups -OCH3 is 1. The summed E-state index contributed by atoms with van der Waals surface area (Å²) in [6.45, 7) is 7.05. The van der Waals surface area contributed by atoms with E-state index in [-0.39, 0.29) is 11.5 Å². The Bertz CT molecular complexity index is 325. The molecule has 0 heterocycles. The van der Waals surface area contributed by atoms with Crippen molar-refractivity contribution in [1.82, 2.24) is 5.32 Å². The van der Waals surface area contributed by atoms with Gasteiger partial charge in [0.1, 0.15) is 0 Å². The minimum Gasteiger partial charge on any atom is -0.385 e. The molecule has 0 saturated heterocycles. The first-order valence-corrected chi connectivity index (χ1v) is 6.55. The van der Waals surface area contributed by atoms with Gasteiger partial charge in [0.05, 0.1) is 0 Å². The van der Waals surface area contributed by atoms with Gasteiger partial charge in [-0.25, -0.2) is 0 Å². The molecule has 3 nitrogen and oxygen atoms in total. The summed E-state index contributed by atoms with van der Waals surface area (Å²) in [4.78, 5) is 0. The summed E-state index contributed by atoms with van der Waals surface area (Å²) < 4.78 is 5.12. The van der Waals surface area contributed by atoms with Crippen molar-refractivity contribution in [3.63, 3.8) is 0 Å². The van der Waals surface area contributed by atoms with Crippen LogP contribution in [-0.4, -0.2) is 26.8 Å². The number of nitrogens with two attached hydrogens (primary N) is 1. The van der Waals surface area contributed by atoms with Gasteiger partial charge in [0.15, 0.2) is 0 Å². The number of benzene rings is 1. The van der Waals surface area contributed by atoms with E-state index in [4.69, 9.17) is 10.5 Å². The van der Waals surface area contributed by atoms with Crippen LogP contribution in [0.5, 0.6) is 0 Å². The van der Waals surface area contributed by atoms with Crippen LogP contribution in [0.1, 0.15) is 31.9 Å². The molecule has 0 radical (unpaired) electrons. The summed E-state index contributed by atoms with van der Waals surface area (Å²) in [5, 5.41) is 3.45. The Morgan fingerprint density at radius 3 is 2.56 bits per heavy atom. The van der Waals surface area contributed by atoms with Gasteiger partial charge in [0.25, 0.3) is 0 Å². The van der Waals surface area contributed by atoms with Gasteiger partial charge in [-0.2, -0.15) is 0 Å². The van der Waals surface area contributed by atoms with Gasteiger partial charge < -0.3 is 15.8 Å². The van der Waals surface area contributed by atoms with E-state index in [1.807, 2.05) is 18.2 Å². The van der Waals surface area contributed by atoms with Crippen LogP contribution >= 0.6 is 0 Å². The molecule has 102 valence electrons. The first kappa shape index (κ1) is 15.2. The highest BCUT2D eigenvalue weighted by molar-refractivity contribution is 5.18. The molecule has 0 bridgehead atoms. The highest BCUT2D eigenvalue weighted by Crippen LogP contribution is 2.19. The fraction of sp³-hybridized carbons (Fsp3) is 0.600. The van der Waals surface area contributed by atoms with E-state index >= 15 is 0 Å². The van der Waals surface area contributed by atoms with E-state index in [9.17, 15) is 0 Å². The summed E-state index contributed by atoms with van der Waals surface area (Å²) in [5.74, 6) is 0. The molecule has 0 spiro atoms. The Labute approximate surface area is 111 Å². The van der Waals surface area contributed by atoms with E-state index in [0.29, 0.717) is 0 Å². The number of ether oxygens (including phenoxy) is 1. The van der Waals surface area contributed by atoms with Crippen molar-refractivity contribution < 1.29 is 4.74 Å². The summed E-state index contributed by atoms with van der Waals surface area (Å²) in [6.07, 6.45) is 1.05. The third-order valence-corrected chi connectivity index (χ3v) is 3.18. The molecule has 0 aliphatic carbocycles. The predicted molar refractivity (Wildman–Crippen MR) is 76.5 cm³/mol. The zero-order chi connectivity index (χ0) is 13.4. The predicted octanol–water partition coefficient (Wildman–Crippen LogP) is 2.34. The quantitative estimate of drug-likeness (QED) is 0.744. The molecular weight excluding hydrogens is 224 g/mol. The Hall–Kier alpha value is -0.900. The Kier molecular flexibility index (Phi) is 6.33. The van der Waals surface area contributed by atoms with Crippen molar-refractivity contribution >= 4 is 0 Å². The van der Waals surface area contributed by atoms with Crippen molar-refractivity contribution in [2.45, 2.75) is 26.3 Å². The smallest absolute Gasteiger partial charge is 0.0467 e. The highest BCUT2D eigenvalue weighted by Gasteiger charge is 2.17. The van der Waals surface area contributed by atoms with E-state index in [2.05, 4.69) is 31.3 Å². The zero-order valence-corrected chi connectivity index (χ0v) is 11.8. The largest absolute Gasteiger partial charge is 0.385 e. The molecule has 0 amide bonds. The molecule has 1 aromatic rings. The lowest BCUT2D eigenvalue weighted by atomic mass is 9.89. The van der Waals surface area contributed by atoms with Gasteiger partial charge in [0.2, 0.25) is 0 Å². The average Bonchev–Trinajstić information content (AvgIpc) is 2.37. The standard InChI is InChI=1S/C15H26N2O/c1-15(2,9-10-18-3)12-17-11-14(16)13-7-5-4-6-8-13/h4-8,14,17H,9-12,16H2,1-3H3. The Morgan fingerprint density at radius 1 is 1.28 bits per heavy atom. The zero-order valence-electron chi connectivity index (χ0n) is 11.8. The number of nitrogens with one attached hydrogen (secondary N) is 1. The molecule has 0 aliphatic rings. The summed E-state index contributed by atoms with van der Waals surface area (Å²) in [5.41, 5.74) is 7.56. The minimum absolute atomic E-state index is 0.0597. The van der Waals surface area contributed by atoms with Crippen LogP contribution in [-0.2, 0) is 4.74 Å². The molecule has 1 rings (SSSR count). The fourth-order valence-electron chi connectivity index (χ4n) is 1.85. The SMILES string of the molecule is COCCC(C)(C)CNCC(N)c1ccccc1. The number of hydrogen-bond donors (Lipinski definition) is 2. The van der Waals surface area contributed by atoms with Crippen LogP contribution in [0.2, 0.25) is 0 Å². The number of rotatable bonds is 8. The molecule has 1 atom stereocenters. The van der Waals surface area contributed by atoms with E-state index < -0.39 is 0 Å². The molecule has 0 saturated carbocycles. The van der Waals surface area contributed by atoms with Crippen LogP contribution in [0.3, 0.4) is 0 Å². The lowest BCUT2D eigenvalue weighted by Crippen LogP contribution is -2.35. The molecule has 3 heteroatoms. The van der Waals surface area contributed by atoms with Crippen molar-refractivity contribution in [3.8, 4) is 0 Å². The maximum Gasteiger partial charge on any atom is 0.0467 e. The monoisotopic (exact) mass is 250 g/mol. The molecule has 1 aromatic carbocycles. The van der Waals surface area contributed by atoms with E-state index in [1.54, 1.807) is 7.11 Å². The van der Waals surface area contributed by atoms with Crippen LogP contribution in [0.15, 0.2) is 30.3 Å². The van der Waals surface area contributed by atoms with Crippen molar-refractivity contribution in [2.24, 2.45) is 11.1 Å². The maximum absolute atomic E-state index is 6.14.